The van der Waals surface area contributed by atoms with Crippen molar-refractivity contribution < 1.29 is 14.7 Å². The molecule has 0 fully saturated rings. The van der Waals surface area contributed by atoms with Crippen LogP contribution in [0.3, 0.4) is 0 Å². The summed E-state index contributed by atoms with van der Waals surface area (Å²) in [6.07, 6.45) is 3.49. The Morgan fingerprint density at radius 2 is 1.92 bits per heavy atom. The Morgan fingerprint density at radius 3 is 2.62 bits per heavy atom. The van der Waals surface area contributed by atoms with E-state index in [-0.39, 0.29) is 23.4 Å². The van der Waals surface area contributed by atoms with Gasteiger partial charge in [-0.3, -0.25) is 9.78 Å². The Labute approximate surface area is 140 Å². The molecule has 5 heteroatoms. The van der Waals surface area contributed by atoms with Gasteiger partial charge in [0.15, 0.2) is 0 Å². The highest BCUT2D eigenvalue weighted by Gasteiger charge is 2.33. The minimum Gasteiger partial charge on any atom is -0.478 e. The molecular weight excluding hydrogens is 304 g/mol. The van der Waals surface area contributed by atoms with Crippen LogP contribution in [0.15, 0.2) is 42.7 Å². The number of fused-ring (bicyclic) bond motifs is 1. The van der Waals surface area contributed by atoms with Gasteiger partial charge in [0.2, 0.25) is 0 Å². The van der Waals surface area contributed by atoms with Crippen LogP contribution in [-0.2, 0) is 6.42 Å². The summed E-state index contributed by atoms with van der Waals surface area (Å²) >= 11 is 0. The zero-order valence-corrected chi connectivity index (χ0v) is 13.8. The van der Waals surface area contributed by atoms with Crippen LogP contribution in [0.4, 0.5) is 0 Å². The number of carboxylic acid groups (broad SMARTS) is 1. The maximum Gasteiger partial charge on any atom is 0.337 e. The van der Waals surface area contributed by atoms with Crippen molar-refractivity contribution in [2.75, 3.05) is 6.54 Å². The molecule has 1 unspecified atom stereocenters. The van der Waals surface area contributed by atoms with Crippen molar-refractivity contribution in [3.63, 3.8) is 0 Å². The molecule has 1 aliphatic heterocycles. The molecule has 3 rings (SSSR count). The van der Waals surface area contributed by atoms with Crippen LogP contribution in [0.1, 0.15) is 51.7 Å². The van der Waals surface area contributed by atoms with Gasteiger partial charge in [-0.2, -0.15) is 0 Å². The van der Waals surface area contributed by atoms with Crippen molar-refractivity contribution in [1.29, 1.82) is 0 Å². The smallest absolute Gasteiger partial charge is 0.337 e. The van der Waals surface area contributed by atoms with Gasteiger partial charge in [-0.05, 0) is 29.5 Å². The van der Waals surface area contributed by atoms with E-state index < -0.39 is 5.97 Å². The fourth-order valence-electron chi connectivity index (χ4n) is 3.38. The lowest BCUT2D eigenvalue weighted by molar-refractivity contribution is 0.0603. The quantitative estimate of drug-likeness (QED) is 0.941. The van der Waals surface area contributed by atoms with Crippen LogP contribution in [0.2, 0.25) is 0 Å². The maximum absolute atomic E-state index is 13.0. The number of benzene rings is 1. The molecule has 0 saturated carbocycles. The van der Waals surface area contributed by atoms with Gasteiger partial charge in [0.25, 0.3) is 5.91 Å². The Balaban J connectivity index is 1.98. The molecule has 5 nitrogen and oxygen atoms in total. The van der Waals surface area contributed by atoms with Gasteiger partial charge in [0.1, 0.15) is 0 Å². The van der Waals surface area contributed by atoms with Gasteiger partial charge in [0, 0.05) is 18.9 Å². The molecule has 1 amide bonds. The zero-order valence-electron chi connectivity index (χ0n) is 13.8. The summed E-state index contributed by atoms with van der Waals surface area (Å²) in [6.45, 7) is 4.81. The number of pyridine rings is 1. The van der Waals surface area contributed by atoms with Gasteiger partial charge in [-0.15, -0.1) is 0 Å². The number of hydrogen-bond donors (Lipinski definition) is 1. The first-order valence-corrected chi connectivity index (χ1v) is 8.06. The second-order valence-electron chi connectivity index (χ2n) is 6.40. The van der Waals surface area contributed by atoms with Gasteiger partial charge in [-0.1, -0.05) is 38.1 Å². The molecule has 124 valence electrons. The number of amides is 1. The average Bonchev–Trinajstić information content (AvgIpc) is 2.60. The van der Waals surface area contributed by atoms with Crippen molar-refractivity contribution in [2.24, 2.45) is 5.92 Å². The average molecular weight is 324 g/mol. The minimum atomic E-state index is -1.08. The van der Waals surface area contributed by atoms with Gasteiger partial charge < -0.3 is 10.0 Å². The van der Waals surface area contributed by atoms with Crippen molar-refractivity contribution in [1.82, 2.24) is 9.88 Å². The van der Waals surface area contributed by atoms with Crippen molar-refractivity contribution in [2.45, 2.75) is 26.3 Å². The van der Waals surface area contributed by atoms with Crippen molar-refractivity contribution in [3.8, 4) is 0 Å². The van der Waals surface area contributed by atoms with E-state index in [1.807, 2.05) is 17.0 Å². The first-order chi connectivity index (χ1) is 11.5. The highest BCUT2D eigenvalue weighted by atomic mass is 16.4. The lowest BCUT2D eigenvalue weighted by Crippen LogP contribution is -2.42. The number of aromatic carboxylic acids is 1. The summed E-state index contributed by atoms with van der Waals surface area (Å²) in [5.74, 6) is -0.994. The van der Waals surface area contributed by atoms with E-state index in [0.29, 0.717) is 12.1 Å². The van der Waals surface area contributed by atoms with E-state index in [9.17, 15) is 9.59 Å². The predicted octanol–water partition coefficient (Wildman–Crippen LogP) is 3.18. The Morgan fingerprint density at radius 1 is 1.21 bits per heavy atom. The molecule has 0 bridgehead atoms. The predicted molar refractivity (Wildman–Crippen MR) is 90.0 cm³/mol. The molecule has 0 spiro atoms. The third-order valence-corrected chi connectivity index (χ3v) is 4.46. The molecule has 2 heterocycles. The molecule has 1 N–H and O–H groups in total. The number of nitrogens with zero attached hydrogens (tertiary/aromatic N) is 2. The zero-order chi connectivity index (χ0) is 17.3. The first-order valence-electron chi connectivity index (χ1n) is 8.06. The van der Waals surface area contributed by atoms with Gasteiger partial charge in [0.05, 0.1) is 17.2 Å². The molecule has 1 aliphatic rings. The fraction of sp³-hybridized carbons (Fsp3) is 0.316. The first kappa shape index (κ1) is 16.2. The fourth-order valence-corrected chi connectivity index (χ4v) is 3.38. The van der Waals surface area contributed by atoms with Crippen LogP contribution >= 0.6 is 0 Å². The van der Waals surface area contributed by atoms with E-state index in [0.717, 1.165) is 6.42 Å². The van der Waals surface area contributed by atoms with E-state index >= 15 is 0 Å². The number of aromatic nitrogens is 1. The third kappa shape index (κ3) is 2.89. The molecule has 0 saturated heterocycles. The SMILES string of the molecule is CC(C)C1c2ccccc2CCN1C(=O)c1cncc(C(=O)O)c1. The third-order valence-electron chi connectivity index (χ3n) is 4.46. The molecule has 1 atom stereocenters. The molecule has 0 aliphatic carbocycles. The summed E-state index contributed by atoms with van der Waals surface area (Å²) in [5, 5.41) is 9.11. The van der Waals surface area contributed by atoms with Gasteiger partial charge >= 0.3 is 5.97 Å². The monoisotopic (exact) mass is 324 g/mol. The second-order valence-corrected chi connectivity index (χ2v) is 6.40. The van der Waals surface area contributed by atoms with Crippen LogP contribution in [0.5, 0.6) is 0 Å². The molecule has 0 radical (unpaired) electrons. The highest BCUT2D eigenvalue weighted by molar-refractivity contribution is 5.97. The number of carbonyl (C=O) groups excluding carboxylic acids is 1. The number of hydrogen-bond acceptors (Lipinski definition) is 3. The Kier molecular flexibility index (Phi) is 4.34. The second kappa shape index (κ2) is 6.43. The lowest BCUT2D eigenvalue weighted by atomic mass is 9.86. The molecular formula is C19H20N2O3. The summed E-state index contributed by atoms with van der Waals surface area (Å²) in [7, 11) is 0. The minimum absolute atomic E-state index is 0.0177. The molecule has 2 aromatic rings. The Bertz CT molecular complexity index is 786. The maximum atomic E-state index is 13.0. The van der Waals surface area contributed by atoms with Crippen LogP contribution < -0.4 is 0 Å². The lowest BCUT2D eigenvalue weighted by Gasteiger charge is -2.39. The molecule has 1 aromatic heterocycles. The van der Waals surface area contributed by atoms with E-state index in [4.69, 9.17) is 5.11 Å². The van der Waals surface area contributed by atoms with E-state index in [1.54, 1.807) is 0 Å². The summed E-state index contributed by atoms with van der Waals surface area (Å²) in [5.41, 5.74) is 2.80. The summed E-state index contributed by atoms with van der Waals surface area (Å²) in [6, 6.07) is 9.58. The van der Waals surface area contributed by atoms with Crippen LogP contribution in [0, 0.1) is 5.92 Å². The molecule has 1 aromatic carbocycles. The topological polar surface area (TPSA) is 70.5 Å². The number of carboxylic acids is 1. The van der Waals surface area contributed by atoms with E-state index in [2.05, 4.69) is 31.0 Å². The number of carbonyl (C=O) groups is 2. The summed E-state index contributed by atoms with van der Waals surface area (Å²) < 4.78 is 0. The van der Waals surface area contributed by atoms with Crippen LogP contribution in [-0.4, -0.2) is 33.4 Å². The molecule has 24 heavy (non-hydrogen) atoms. The largest absolute Gasteiger partial charge is 0.478 e. The summed E-state index contributed by atoms with van der Waals surface area (Å²) in [4.78, 5) is 29.9. The highest BCUT2D eigenvalue weighted by Crippen LogP contribution is 2.35. The van der Waals surface area contributed by atoms with Gasteiger partial charge in [-0.25, -0.2) is 4.79 Å². The normalized spacial score (nSPS) is 16.8. The van der Waals surface area contributed by atoms with Crippen molar-refractivity contribution >= 4 is 11.9 Å². The number of rotatable bonds is 3. The van der Waals surface area contributed by atoms with Crippen LogP contribution in [0.25, 0.3) is 0 Å². The van der Waals surface area contributed by atoms with Crippen molar-refractivity contribution in [3.05, 3.63) is 65.0 Å². The Hall–Kier alpha value is -2.69. The standard InChI is InChI=1S/C19H20N2O3/c1-12(2)17-16-6-4-3-5-13(16)7-8-21(17)18(22)14-9-15(19(23)24)11-20-10-14/h3-6,9-12,17H,7-8H2,1-2H3,(H,23,24). The van der Waals surface area contributed by atoms with E-state index in [1.165, 1.54) is 29.6 Å².